The second-order valence-electron chi connectivity index (χ2n) is 8.91. The molecule has 2 fully saturated rings. The van der Waals surface area contributed by atoms with Crippen molar-refractivity contribution in [2.75, 3.05) is 18.0 Å². The van der Waals surface area contributed by atoms with Gasteiger partial charge in [0, 0.05) is 41.8 Å². The van der Waals surface area contributed by atoms with Gasteiger partial charge in [-0.25, -0.2) is 4.98 Å². The fourth-order valence-electron chi connectivity index (χ4n) is 4.78. The van der Waals surface area contributed by atoms with E-state index in [2.05, 4.69) is 25.3 Å². The quantitative estimate of drug-likeness (QED) is 0.563. The summed E-state index contributed by atoms with van der Waals surface area (Å²) in [6.45, 7) is 1.54. The average molecular weight is 466 g/mol. The number of amides is 1. The summed E-state index contributed by atoms with van der Waals surface area (Å²) in [5, 5.41) is 8.09. The molecule has 3 heterocycles. The molecule has 2 aromatic heterocycles. The smallest absolute Gasteiger partial charge is 0.261 e. The van der Waals surface area contributed by atoms with Gasteiger partial charge in [-0.3, -0.25) is 4.79 Å². The Hall–Kier alpha value is -2.93. The van der Waals surface area contributed by atoms with Crippen LogP contribution in [0, 0.1) is 5.92 Å². The van der Waals surface area contributed by atoms with Crippen LogP contribution in [0.3, 0.4) is 0 Å². The van der Waals surface area contributed by atoms with Gasteiger partial charge in [-0.15, -0.1) is 0 Å². The van der Waals surface area contributed by atoms with E-state index in [1.165, 1.54) is 19.3 Å². The van der Waals surface area contributed by atoms with Gasteiger partial charge in [-0.1, -0.05) is 36.0 Å². The molecule has 1 N–H and O–H groups in total. The number of carbonyl (C=O) groups excluding carboxylic acids is 1. The van der Waals surface area contributed by atoms with E-state index < -0.39 is 0 Å². The molecule has 1 aromatic carbocycles. The molecule has 3 aromatic rings. The Balaban J connectivity index is 1.26. The number of hydrogen-bond acceptors (Lipinski definition) is 6. The molecule has 172 valence electrons. The van der Waals surface area contributed by atoms with Crippen LogP contribution in [0.2, 0.25) is 5.02 Å². The first kappa shape index (κ1) is 21.9. The summed E-state index contributed by atoms with van der Waals surface area (Å²) in [7, 11) is 0. The van der Waals surface area contributed by atoms with Crippen LogP contribution in [-0.4, -0.2) is 40.2 Å². The lowest BCUT2D eigenvalue weighted by Crippen LogP contribution is -2.44. The number of aromatic nitrogens is 3. The number of piperidine rings is 1. The number of rotatable bonds is 5. The number of nitrogens with zero attached hydrogens (tertiary/aromatic N) is 4. The van der Waals surface area contributed by atoms with Crippen LogP contribution in [-0.2, 0) is 4.79 Å². The fraction of sp³-hybridized carbons (Fsp3) is 0.440. The molecule has 0 radical (unpaired) electrons. The highest BCUT2D eigenvalue weighted by molar-refractivity contribution is 6.30. The molecule has 2 aliphatic rings. The molecule has 7 nitrogen and oxygen atoms in total. The summed E-state index contributed by atoms with van der Waals surface area (Å²) < 4.78 is 5.59. The monoisotopic (exact) mass is 465 g/mol. The van der Waals surface area contributed by atoms with Crippen molar-refractivity contribution in [2.45, 2.75) is 51.0 Å². The van der Waals surface area contributed by atoms with E-state index in [0.717, 1.165) is 55.7 Å². The van der Waals surface area contributed by atoms with Crippen molar-refractivity contribution in [1.82, 2.24) is 20.4 Å². The molecule has 1 saturated carbocycles. The topological polar surface area (TPSA) is 84.2 Å². The second-order valence-corrected chi connectivity index (χ2v) is 9.35. The zero-order valence-electron chi connectivity index (χ0n) is 18.5. The number of nitrogens with one attached hydrogen (secondary N) is 1. The van der Waals surface area contributed by atoms with Gasteiger partial charge < -0.3 is 14.7 Å². The van der Waals surface area contributed by atoms with Crippen LogP contribution in [0.25, 0.3) is 22.8 Å². The van der Waals surface area contributed by atoms with E-state index in [1.54, 1.807) is 18.3 Å². The lowest BCUT2D eigenvalue weighted by atomic mass is 9.92. The Bertz CT molecular complexity index is 1090. The molecular formula is C25H28ClN5O2. The predicted molar refractivity (Wildman–Crippen MR) is 128 cm³/mol. The number of hydrogen-bond donors (Lipinski definition) is 1. The van der Waals surface area contributed by atoms with Gasteiger partial charge in [-0.05, 0) is 62.1 Å². The summed E-state index contributed by atoms with van der Waals surface area (Å²) in [6.07, 6.45) is 9.37. The Kier molecular flexibility index (Phi) is 6.58. The Labute approximate surface area is 198 Å². The Morgan fingerprint density at radius 3 is 2.55 bits per heavy atom. The highest BCUT2D eigenvalue weighted by atomic mass is 35.5. The summed E-state index contributed by atoms with van der Waals surface area (Å²) in [5.41, 5.74) is 1.64. The number of benzene rings is 1. The van der Waals surface area contributed by atoms with Crippen molar-refractivity contribution in [1.29, 1.82) is 0 Å². The van der Waals surface area contributed by atoms with Crippen molar-refractivity contribution >= 4 is 23.3 Å². The molecule has 5 rings (SSSR count). The van der Waals surface area contributed by atoms with E-state index in [0.29, 0.717) is 22.8 Å². The van der Waals surface area contributed by atoms with Crippen molar-refractivity contribution < 1.29 is 9.32 Å². The van der Waals surface area contributed by atoms with Crippen LogP contribution in [0.4, 0.5) is 5.82 Å². The second kappa shape index (κ2) is 9.91. The lowest BCUT2D eigenvalue weighted by molar-refractivity contribution is -0.126. The van der Waals surface area contributed by atoms with Crippen LogP contribution in [0.1, 0.15) is 44.9 Å². The number of anilines is 1. The molecular weight excluding hydrogens is 438 g/mol. The minimum absolute atomic E-state index is 0.0650. The van der Waals surface area contributed by atoms with Gasteiger partial charge in [0.05, 0.1) is 5.56 Å². The minimum Gasteiger partial charge on any atom is -0.356 e. The third-order valence-corrected chi connectivity index (χ3v) is 6.91. The van der Waals surface area contributed by atoms with Gasteiger partial charge in [-0.2, -0.15) is 4.98 Å². The predicted octanol–water partition coefficient (Wildman–Crippen LogP) is 5.12. The van der Waals surface area contributed by atoms with Crippen LogP contribution in [0.15, 0.2) is 47.1 Å². The van der Waals surface area contributed by atoms with Gasteiger partial charge in [0.2, 0.25) is 11.7 Å². The SMILES string of the molecule is O=C(NC1CCCCC1)C1CCN(c2ncccc2-c2nc(-c3ccc(Cl)cc3)no2)CC1. The average Bonchev–Trinajstić information content (AvgIpc) is 3.35. The maximum Gasteiger partial charge on any atom is 0.261 e. The van der Waals surface area contributed by atoms with Crippen molar-refractivity contribution in [3.63, 3.8) is 0 Å². The zero-order chi connectivity index (χ0) is 22.6. The molecule has 1 saturated heterocycles. The number of carbonyl (C=O) groups is 1. The molecule has 1 amide bonds. The van der Waals surface area contributed by atoms with E-state index in [4.69, 9.17) is 16.1 Å². The molecule has 1 aliphatic carbocycles. The standard InChI is InChI=1S/C25H28ClN5O2/c26-19-10-8-17(9-11-19)22-29-25(33-30-22)21-7-4-14-27-23(21)31-15-12-18(13-16-31)24(32)28-20-5-2-1-3-6-20/h4,7-11,14,18,20H,1-3,5-6,12-13,15-16H2,(H,28,32). The fourth-order valence-corrected chi connectivity index (χ4v) is 4.91. The largest absolute Gasteiger partial charge is 0.356 e. The van der Waals surface area contributed by atoms with Gasteiger partial charge in [0.25, 0.3) is 5.89 Å². The number of pyridine rings is 1. The Morgan fingerprint density at radius 2 is 1.79 bits per heavy atom. The van der Waals surface area contributed by atoms with Crippen LogP contribution < -0.4 is 10.2 Å². The van der Waals surface area contributed by atoms with Gasteiger partial charge >= 0.3 is 0 Å². The summed E-state index contributed by atoms with van der Waals surface area (Å²) in [6, 6.07) is 11.5. The van der Waals surface area contributed by atoms with Gasteiger partial charge in [0.15, 0.2) is 0 Å². The third kappa shape index (κ3) is 5.03. The maximum absolute atomic E-state index is 12.8. The van der Waals surface area contributed by atoms with E-state index in [9.17, 15) is 4.79 Å². The first-order valence-electron chi connectivity index (χ1n) is 11.8. The normalized spacial score (nSPS) is 17.8. The minimum atomic E-state index is 0.0650. The molecule has 0 bridgehead atoms. The highest BCUT2D eigenvalue weighted by Crippen LogP contribution is 2.32. The summed E-state index contributed by atoms with van der Waals surface area (Å²) in [4.78, 5) is 24.2. The molecule has 0 atom stereocenters. The first-order chi connectivity index (χ1) is 16.2. The van der Waals surface area contributed by atoms with E-state index in [-0.39, 0.29) is 11.8 Å². The van der Waals surface area contributed by atoms with Crippen molar-refractivity contribution in [2.24, 2.45) is 5.92 Å². The number of halogens is 1. The van der Waals surface area contributed by atoms with Crippen molar-refractivity contribution in [3.8, 4) is 22.8 Å². The molecule has 1 aliphatic heterocycles. The maximum atomic E-state index is 12.8. The van der Waals surface area contributed by atoms with Crippen LogP contribution in [0.5, 0.6) is 0 Å². The van der Waals surface area contributed by atoms with Gasteiger partial charge in [0.1, 0.15) is 5.82 Å². The van der Waals surface area contributed by atoms with Crippen LogP contribution >= 0.6 is 11.6 Å². The molecule has 8 heteroatoms. The lowest BCUT2D eigenvalue weighted by Gasteiger charge is -2.34. The molecule has 0 spiro atoms. The Morgan fingerprint density at radius 1 is 1.03 bits per heavy atom. The first-order valence-corrected chi connectivity index (χ1v) is 12.2. The highest BCUT2D eigenvalue weighted by Gasteiger charge is 2.29. The third-order valence-electron chi connectivity index (χ3n) is 6.66. The summed E-state index contributed by atoms with van der Waals surface area (Å²) in [5.74, 6) is 2.03. The molecule has 0 unspecified atom stereocenters. The van der Waals surface area contributed by atoms with Crippen molar-refractivity contribution in [3.05, 3.63) is 47.6 Å². The summed E-state index contributed by atoms with van der Waals surface area (Å²) >= 11 is 5.98. The van der Waals surface area contributed by atoms with E-state index >= 15 is 0 Å². The zero-order valence-corrected chi connectivity index (χ0v) is 19.3. The molecule has 33 heavy (non-hydrogen) atoms. The van der Waals surface area contributed by atoms with E-state index in [1.807, 2.05) is 24.3 Å².